The van der Waals surface area contributed by atoms with Gasteiger partial charge in [-0.1, -0.05) is 104 Å². The fourth-order valence-corrected chi connectivity index (χ4v) is 7.42. The number of halogens is 1. The van der Waals surface area contributed by atoms with Gasteiger partial charge in [0.15, 0.2) is 11.6 Å². The first-order valence-electron chi connectivity index (χ1n) is 15.2. The smallest absolute Gasteiger partial charge is 0.162 e. The molecular formula is C38H40BrNO3. The molecule has 222 valence electrons. The zero-order valence-corrected chi connectivity index (χ0v) is 27.4. The van der Waals surface area contributed by atoms with Crippen molar-refractivity contribution in [1.29, 1.82) is 0 Å². The number of ketones is 2. The van der Waals surface area contributed by atoms with Crippen molar-refractivity contribution < 1.29 is 14.3 Å². The molecule has 3 aromatic carbocycles. The van der Waals surface area contributed by atoms with E-state index in [-0.39, 0.29) is 22.4 Å². The van der Waals surface area contributed by atoms with Gasteiger partial charge in [0.25, 0.3) is 0 Å². The van der Waals surface area contributed by atoms with Crippen LogP contribution in [0.25, 0.3) is 0 Å². The maximum absolute atomic E-state index is 14.3. The highest BCUT2D eigenvalue weighted by Crippen LogP contribution is 2.56. The minimum atomic E-state index is -0.463. The Morgan fingerprint density at radius 1 is 0.767 bits per heavy atom. The first kappa shape index (κ1) is 29.6. The van der Waals surface area contributed by atoms with Crippen LogP contribution in [0.1, 0.15) is 81.5 Å². The molecule has 0 N–H and O–H groups in total. The standard InChI is InChI=1S/C38H40BrNO3/c1-24-11-13-26(14-12-24)23-43-33-16-15-27(39)17-28(33)34-35-29(18-37(2,3)20-31(35)41)40(22-25-9-7-6-8-10-25)30-19-38(4,5)21-32(42)36(30)34/h6-17,34H,18-23H2,1-5H3. The van der Waals surface area contributed by atoms with Crippen LogP contribution >= 0.6 is 15.9 Å². The molecule has 4 nitrogen and oxygen atoms in total. The van der Waals surface area contributed by atoms with E-state index in [1.54, 1.807) is 0 Å². The maximum atomic E-state index is 14.3. The summed E-state index contributed by atoms with van der Waals surface area (Å²) in [4.78, 5) is 30.9. The van der Waals surface area contributed by atoms with Crippen molar-refractivity contribution in [2.45, 2.75) is 79.4 Å². The topological polar surface area (TPSA) is 46.6 Å². The van der Waals surface area contributed by atoms with Crippen LogP contribution in [-0.4, -0.2) is 16.5 Å². The minimum absolute atomic E-state index is 0.128. The minimum Gasteiger partial charge on any atom is -0.489 e. The summed E-state index contributed by atoms with van der Waals surface area (Å²) in [6.07, 6.45) is 2.46. The number of allylic oxidation sites excluding steroid dienone is 4. The average Bonchev–Trinajstić information content (AvgIpc) is 2.93. The first-order valence-corrected chi connectivity index (χ1v) is 16.0. The predicted octanol–water partition coefficient (Wildman–Crippen LogP) is 9.22. The summed E-state index contributed by atoms with van der Waals surface area (Å²) in [7, 11) is 0. The molecule has 3 aliphatic rings. The van der Waals surface area contributed by atoms with Crippen molar-refractivity contribution in [1.82, 2.24) is 4.90 Å². The third kappa shape index (κ3) is 6.02. The largest absolute Gasteiger partial charge is 0.489 e. The van der Waals surface area contributed by atoms with E-state index < -0.39 is 5.92 Å². The maximum Gasteiger partial charge on any atom is 0.162 e. The summed E-state index contributed by atoms with van der Waals surface area (Å²) in [5.74, 6) is 0.500. The van der Waals surface area contributed by atoms with Gasteiger partial charge < -0.3 is 9.64 Å². The lowest BCUT2D eigenvalue weighted by Crippen LogP contribution is -2.44. The van der Waals surface area contributed by atoms with E-state index in [0.29, 0.717) is 31.7 Å². The van der Waals surface area contributed by atoms with E-state index in [0.717, 1.165) is 56.5 Å². The van der Waals surface area contributed by atoms with Gasteiger partial charge in [-0.2, -0.15) is 0 Å². The zero-order valence-electron chi connectivity index (χ0n) is 25.8. The SMILES string of the molecule is Cc1ccc(COc2ccc(Br)cc2C2C3=C(CC(C)(C)CC3=O)N(Cc3ccccc3)C3=C2C(=O)CC(C)(C)C3)cc1. The Kier molecular flexibility index (Phi) is 7.75. The van der Waals surface area contributed by atoms with E-state index in [4.69, 9.17) is 4.74 Å². The number of aryl methyl sites for hydroxylation is 1. The normalized spacial score (nSPS) is 19.8. The Bertz CT molecular complexity index is 1590. The fourth-order valence-electron chi connectivity index (χ4n) is 7.04. The number of carbonyl (C=O) groups is 2. The van der Waals surface area contributed by atoms with E-state index >= 15 is 0 Å². The Balaban J connectivity index is 1.54. The quantitative estimate of drug-likeness (QED) is 0.270. The zero-order chi connectivity index (χ0) is 30.5. The Labute approximate surface area is 264 Å². The number of nitrogens with zero attached hydrogens (tertiary/aromatic N) is 1. The second kappa shape index (κ2) is 11.2. The average molecular weight is 639 g/mol. The number of hydrogen-bond acceptors (Lipinski definition) is 4. The Hall–Kier alpha value is -3.44. The number of hydrogen-bond donors (Lipinski definition) is 0. The van der Waals surface area contributed by atoms with Gasteiger partial charge in [0.05, 0.1) is 0 Å². The van der Waals surface area contributed by atoms with Crippen LogP contribution in [0.5, 0.6) is 5.75 Å². The lowest BCUT2D eigenvalue weighted by molar-refractivity contribution is -0.119. The first-order chi connectivity index (χ1) is 20.4. The molecule has 1 aliphatic heterocycles. The number of ether oxygens (including phenoxy) is 1. The molecule has 6 rings (SSSR count). The second-order valence-corrected chi connectivity index (χ2v) is 15.0. The molecule has 0 aromatic heterocycles. The molecule has 0 saturated carbocycles. The molecule has 0 saturated heterocycles. The predicted molar refractivity (Wildman–Crippen MR) is 174 cm³/mol. The van der Waals surface area contributed by atoms with Gasteiger partial charge in [-0.25, -0.2) is 0 Å². The van der Waals surface area contributed by atoms with Crippen LogP contribution < -0.4 is 4.74 Å². The van der Waals surface area contributed by atoms with E-state index in [2.05, 4.69) is 110 Å². The summed E-state index contributed by atoms with van der Waals surface area (Å²) in [6, 6.07) is 24.7. The highest BCUT2D eigenvalue weighted by atomic mass is 79.9. The second-order valence-electron chi connectivity index (χ2n) is 14.1. The highest BCUT2D eigenvalue weighted by molar-refractivity contribution is 9.10. The van der Waals surface area contributed by atoms with E-state index in [1.165, 1.54) is 5.56 Å². The van der Waals surface area contributed by atoms with Crippen molar-refractivity contribution in [3.8, 4) is 5.75 Å². The molecule has 1 heterocycles. The lowest BCUT2D eigenvalue weighted by atomic mass is 9.63. The molecule has 0 radical (unpaired) electrons. The van der Waals surface area contributed by atoms with Crippen LogP contribution in [0.4, 0.5) is 0 Å². The Morgan fingerprint density at radius 3 is 1.93 bits per heavy atom. The van der Waals surface area contributed by atoms with E-state index in [9.17, 15) is 9.59 Å². The monoisotopic (exact) mass is 637 g/mol. The molecule has 0 fully saturated rings. The van der Waals surface area contributed by atoms with Crippen molar-refractivity contribution in [3.05, 3.63) is 122 Å². The van der Waals surface area contributed by atoms with Gasteiger partial charge in [0, 0.05) is 57.9 Å². The molecule has 2 aliphatic carbocycles. The lowest BCUT2D eigenvalue weighted by Gasteiger charge is -2.49. The third-order valence-electron chi connectivity index (χ3n) is 9.00. The summed E-state index contributed by atoms with van der Waals surface area (Å²) in [5.41, 5.74) is 7.61. The van der Waals surface area contributed by atoms with Crippen LogP contribution in [-0.2, 0) is 22.7 Å². The number of rotatable bonds is 6. The van der Waals surface area contributed by atoms with Gasteiger partial charge in [-0.05, 0) is 59.9 Å². The molecule has 3 aromatic rings. The van der Waals surface area contributed by atoms with Gasteiger partial charge >= 0.3 is 0 Å². The van der Waals surface area contributed by atoms with Gasteiger partial charge in [-0.15, -0.1) is 0 Å². The van der Waals surface area contributed by atoms with Crippen LogP contribution in [0.15, 0.2) is 99.8 Å². The van der Waals surface area contributed by atoms with E-state index in [1.807, 2.05) is 18.2 Å². The molecule has 0 atom stereocenters. The summed E-state index contributed by atoms with van der Waals surface area (Å²) >= 11 is 3.70. The molecule has 43 heavy (non-hydrogen) atoms. The highest BCUT2D eigenvalue weighted by Gasteiger charge is 2.49. The van der Waals surface area contributed by atoms with Gasteiger partial charge in [0.2, 0.25) is 0 Å². The van der Waals surface area contributed by atoms with Crippen LogP contribution in [0, 0.1) is 17.8 Å². The van der Waals surface area contributed by atoms with Crippen LogP contribution in [0.2, 0.25) is 0 Å². The summed E-state index contributed by atoms with van der Waals surface area (Å²) in [6.45, 7) is 11.8. The van der Waals surface area contributed by atoms with Crippen molar-refractivity contribution in [2.24, 2.45) is 10.8 Å². The van der Waals surface area contributed by atoms with Gasteiger partial charge in [0.1, 0.15) is 12.4 Å². The molecule has 0 amide bonds. The number of benzene rings is 3. The number of carbonyl (C=O) groups excluding carboxylic acids is 2. The molecular weight excluding hydrogens is 598 g/mol. The number of Topliss-reactive ketones (excluding diaryl/α,β-unsaturated/α-hetero) is 2. The van der Waals surface area contributed by atoms with Crippen LogP contribution in [0.3, 0.4) is 0 Å². The molecule has 0 unspecified atom stereocenters. The van der Waals surface area contributed by atoms with Crippen molar-refractivity contribution in [3.63, 3.8) is 0 Å². The fraction of sp³-hybridized carbons (Fsp3) is 0.368. The molecule has 0 spiro atoms. The molecule has 5 heteroatoms. The van der Waals surface area contributed by atoms with Gasteiger partial charge in [-0.3, -0.25) is 9.59 Å². The molecule has 0 bridgehead atoms. The summed E-state index contributed by atoms with van der Waals surface area (Å²) in [5, 5.41) is 0. The third-order valence-corrected chi connectivity index (χ3v) is 9.50. The van der Waals surface area contributed by atoms with Crippen molar-refractivity contribution >= 4 is 27.5 Å². The Morgan fingerprint density at radius 2 is 1.35 bits per heavy atom. The van der Waals surface area contributed by atoms with Crippen molar-refractivity contribution in [2.75, 3.05) is 0 Å². The summed E-state index contributed by atoms with van der Waals surface area (Å²) < 4.78 is 7.40.